The molecule has 14 aromatic carbocycles. The van der Waals surface area contributed by atoms with Crippen molar-refractivity contribution in [2.24, 2.45) is 10.8 Å². The standard InChI is InChI=1S/C98H86N15/c1-97(2,3)67-108-101-89-85(69-49-57-81(58-50-69)110(73-33-15-7-16-34-73)74-35-17-8-18-36-74)93-95(87(91(89)103-108)71-53-61-83(62-54-71)112(77-41-23-11-24-42-77)78-43-25-12-26-44-78)107(105-99-93)66-32-31-65-106-96-88(72-55-63-84(64-56-72)113(79-45-27-13-28-46-79)80-47-29-14-30-48-80)92-90(102-109(104-92)68-98(4,5)6)86(94(96)100-106)70-51-59-82(60-52-70)111(75-37-19-9-20-38-75)76-39-21-10-22-40-76/h7-30,33-64H,31-32,65-68H2,1-6H3/q-1. The summed E-state index contributed by atoms with van der Waals surface area (Å²) in [6.07, 6.45) is 1.50. The van der Waals surface area contributed by atoms with E-state index in [0.717, 1.165) is 170 Å². The minimum absolute atomic E-state index is 0.122. The summed E-state index contributed by atoms with van der Waals surface area (Å²) in [6.45, 7) is 15.8. The molecule has 0 radical (unpaired) electrons. The van der Waals surface area contributed by atoms with Crippen LogP contribution in [0.1, 0.15) is 54.4 Å². The maximum Gasteiger partial charge on any atom is 0.124 e. The summed E-state index contributed by atoms with van der Waals surface area (Å²) in [4.78, 5) is 13.0. The molecule has 18 aromatic rings. The zero-order valence-electron chi connectivity index (χ0n) is 64.3. The van der Waals surface area contributed by atoms with Crippen LogP contribution in [0.3, 0.4) is 0 Å². The normalized spacial score (nSPS) is 11.8. The van der Waals surface area contributed by atoms with Gasteiger partial charge in [-0.25, -0.2) is 4.68 Å². The first kappa shape index (κ1) is 70.7. The molecule has 0 unspecified atom stereocenters. The minimum atomic E-state index is -0.136. The van der Waals surface area contributed by atoms with Gasteiger partial charge in [0, 0.05) is 104 Å². The van der Waals surface area contributed by atoms with Crippen LogP contribution < -0.4 is 24.7 Å². The van der Waals surface area contributed by atoms with Crippen molar-refractivity contribution in [3.8, 4) is 44.5 Å². The number of aryl methyl sites for hydroxylation is 2. The maximum absolute atomic E-state index is 5.59. The van der Waals surface area contributed by atoms with Gasteiger partial charge in [0.15, 0.2) is 0 Å². The molecule has 113 heavy (non-hydrogen) atoms. The predicted octanol–water partition coefficient (Wildman–Crippen LogP) is 25.0. The summed E-state index contributed by atoms with van der Waals surface area (Å²) in [7, 11) is 0. The zero-order valence-corrected chi connectivity index (χ0v) is 64.3. The Morgan fingerprint density at radius 3 is 0.814 bits per heavy atom. The molecule has 0 aliphatic rings. The number of para-hydroxylation sites is 8. The van der Waals surface area contributed by atoms with Crippen LogP contribution in [0.2, 0.25) is 0 Å². The van der Waals surface area contributed by atoms with Crippen LogP contribution in [-0.2, 0) is 26.2 Å². The molecule has 0 fully saturated rings. The van der Waals surface area contributed by atoms with E-state index in [1.807, 2.05) is 9.59 Å². The van der Waals surface area contributed by atoms with Crippen LogP contribution in [0.4, 0.5) is 68.2 Å². The van der Waals surface area contributed by atoms with Crippen molar-refractivity contribution >= 4 is 112 Å². The molecule has 554 valence electrons. The first-order valence-corrected chi connectivity index (χ1v) is 38.9. The van der Waals surface area contributed by atoms with Gasteiger partial charge in [-0.05, 0) is 197 Å². The fourth-order valence-corrected chi connectivity index (χ4v) is 15.7. The van der Waals surface area contributed by atoms with E-state index >= 15 is 0 Å². The molecule has 15 nitrogen and oxygen atoms in total. The Morgan fingerprint density at radius 2 is 0.513 bits per heavy atom. The van der Waals surface area contributed by atoms with Crippen LogP contribution in [-0.4, -0.2) is 49.7 Å². The molecule has 4 heterocycles. The number of aromatic nitrogens is 11. The van der Waals surface area contributed by atoms with Crippen molar-refractivity contribution in [3.05, 3.63) is 340 Å². The number of hydrogen-bond acceptors (Lipinski definition) is 10. The van der Waals surface area contributed by atoms with Gasteiger partial charge in [0.05, 0.1) is 18.6 Å². The number of benzene rings is 14. The zero-order chi connectivity index (χ0) is 76.6. The molecule has 18 rings (SSSR count). The molecule has 15 heteroatoms. The lowest BCUT2D eigenvalue weighted by Crippen LogP contribution is -2.17. The summed E-state index contributed by atoms with van der Waals surface area (Å²) in [6, 6.07) is 120. The molecule has 0 atom stereocenters. The van der Waals surface area contributed by atoms with Crippen molar-refractivity contribution in [1.29, 1.82) is 0 Å². The summed E-state index contributed by atoms with van der Waals surface area (Å²) >= 11 is 0. The lowest BCUT2D eigenvalue weighted by atomic mass is 9.94. The number of rotatable bonds is 23. The Hall–Kier alpha value is -13.9. The topological polar surface area (TPSA) is 124 Å². The number of unbranched alkanes of at least 4 members (excludes halogenated alkanes) is 1. The summed E-state index contributed by atoms with van der Waals surface area (Å²) in [5.41, 5.74) is 26.7. The van der Waals surface area contributed by atoms with Crippen LogP contribution in [0.5, 0.6) is 0 Å². The second-order valence-corrected chi connectivity index (χ2v) is 31.3. The molecular formula is C98H86N15-. The van der Waals surface area contributed by atoms with Crippen LogP contribution in [0, 0.1) is 10.8 Å². The Labute approximate surface area is 658 Å². The molecule has 0 spiro atoms. The van der Waals surface area contributed by atoms with Gasteiger partial charge in [0.1, 0.15) is 27.6 Å². The summed E-state index contributed by atoms with van der Waals surface area (Å²) in [5, 5.41) is 38.0. The fraction of sp³-hybridized carbons (Fsp3) is 0.143. The van der Waals surface area contributed by atoms with Crippen molar-refractivity contribution in [3.63, 3.8) is 0 Å². The van der Waals surface area contributed by atoms with Gasteiger partial charge in [-0.1, -0.05) is 246 Å². The van der Waals surface area contributed by atoms with Gasteiger partial charge >= 0.3 is 0 Å². The second kappa shape index (κ2) is 30.2. The van der Waals surface area contributed by atoms with Crippen molar-refractivity contribution < 1.29 is 0 Å². The number of hydrogen-bond donors (Lipinski definition) is 0. The third-order valence-corrected chi connectivity index (χ3v) is 20.6. The molecule has 0 aliphatic carbocycles. The fourth-order valence-electron chi connectivity index (χ4n) is 15.7. The highest BCUT2D eigenvalue weighted by Gasteiger charge is 2.30. The molecule has 0 N–H and O–H groups in total. The first-order chi connectivity index (χ1) is 55.3. The quantitative estimate of drug-likeness (QED) is 0.0569. The SMILES string of the molecule is CC(C)(C)Cn1nc2c(-c3ccc(N(c4ccccc4)c4ccccc4)cc3)c3nnn(CCCCn4[n-]c5c(-c6ccc(N(c7ccccc7)c7ccccc7)cc6)c6nn(CC(C)(C)C)nc6c(-c6ccc(N(c7ccccc7)c7ccccc7)cc6)c54)c3c(-c3ccc(N(c4ccccc4)c4ccccc4)cc3)c2n1. The highest BCUT2D eigenvalue weighted by atomic mass is 15.5. The van der Waals surface area contributed by atoms with E-state index in [4.69, 9.17) is 35.8 Å². The minimum Gasteiger partial charge on any atom is -0.593 e. The van der Waals surface area contributed by atoms with E-state index < -0.39 is 0 Å². The summed E-state index contributed by atoms with van der Waals surface area (Å²) < 4.78 is 4.32. The van der Waals surface area contributed by atoms with E-state index in [2.05, 4.69) is 410 Å². The molecular weight excluding hydrogens is 1390 g/mol. The third-order valence-electron chi connectivity index (χ3n) is 20.6. The number of fused-ring (bicyclic) bond motifs is 4. The summed E-state index contributed by atoms with van der Waals surface area (Å²) in [5.74, 6) is 0. The second-order valence-electron chi connectivity index (χ2n) is 31.3. The van der Waals surface area contributed by atoms with E-state index in [9.17, 15) is 0 Å². The van der Waals surface area contributed by atoms with Gasteiger partial charge in [0.25, 0.3) is 0 Å². The Bertz CT molecular complexity index is 6110. The number of anilines is 12. The van der Waals surface area contributed by atoms with E-state index in [1.54, 1.807) is 0 Å². The van der Waals surface area contributed by atoms with E-state index in [0.29, 0.717) is 26.2 Å². The average molecular weight is 1470 g/mol. The van der Waals surface area contributed by atoms with Crippen LogP contribution in [0.25, 0.3) is 88.6 Å². The largest absolute Gasteiger partial charge is 0.593 e. The monoisotopic (exact) mass is 1470 g/mol. The highest BCUT2D eigenvalue weighted by molar-refractivity contribution is 6.19. The average Bonchev–Trinajstić information content (AvgIpc) is 1.70. The van der Waals surface area contributed by atoms with Crippen molar-refractivity contribution in [1.82, 2.24) is 54.8 Å². The third kappa shape index (κ3) is 14.2. The van der Waals surface area contributed by atoms with Gasteiger partial charge in [-0.3, -0.25) is 0 Å². The molecule has 0 amide bonds. The molecule has 4 aromatic heterocycles. The molecule has 0 bridgehead atoms. The lowest BCUT2D eigenvalue weighted by molar-refractivity contribution is 0.305. The Morgan fingerprint density at radius 1 is 0.265 bits per heavy atom. The first-order valence-electron chi connectivity index (χ1n) is 38.9. The lowest BCUT2D eigenvalue weighted by Gasteiger charge is -2.34. The molecule has 0 saturated heterocycles. The predicted molar refractivity (Wildman–Crippen MR) is 464 cm³/mol. The van der Waals surface area contributed by atoms with Gasteiger partial charge in [-0.15, -0.1) is 5.10 Å². The van der Waals surface area contributed by atoms with Gasteiger partial charge in [-0.2, -0.15) is 30.0 Å². The highest BCUT2D eigenvalue weighted by Crippen LogP contribution is 2.48. The van der Waals surface area contributed by atoms with Crippen LogP contribution >= 0.6 is 0 Å². The molecule has 0 aliphatic heterocycles. The maximum atomic E-state index is 5.59. The smallest absolute Gasteiger partial charge is 0.124 e. The van der Waals surface area contributed by atoms with E-state index in [-0.39, 0.29) is 10.8 Å². The number of nitrogens with zero attached hydrogens (tertiary/aromatic N) is 15. The van der Waals surface area contributed by atoms with Crippen molar-refractivity contribution in [2.45, 2.75) is 80.6 Å². The van der Waals surface area contributed by atoms with Gasteiger partial charge in [0.2, 0.25) is 0 Å². The molecule has 0 saturated carbocycles. The van der Waals surface area contributed by atoms with E-state index in [1.165, 1.54) is 0 Å². The Balaban J connectivity index is 0.765. The van der Waals surface area contributed by atoms with Crippen molar-refractivity contribution in [2.75, 3.05) is 19.6 Å². The van der Waals surface area contributed by atoms with Gasteiger partial charge < -0.3 is 29.4 Å². The Kier molecular flexibility index (Phi) is 18.9. The van der Waals surface area contributed by atoms with Crippen LogP contribution in [0.15, 0.2) is 340 Å².